The second-order valence-corrected chi connectivity index (χ2v) is 7.08. The molecule has 0 spiro atoms. The molecule has 0 fully saturated rings. The molecule has 2 aromatic carbocycles. The third-order valence-electron chi connectivity index (χ3n) is 3.86. The molecule has 0 aliphatic carbocycles. The lowest BCUT2D eigenvalue weighted by Gasteiger charge is -2.20. The van der Waals surface area contributed by atoms with E-state index in [-0.39, 0.29) is 11.8 Å². The zero-order chi connectivity index (χ0) is 18.5. The van der Waals surface area contributed by atoms with Crippen LogP contribution in [0.3, 0.4) is 0 Å². The van der Waals surface area contributed by atoms with E-state index in [0.29, 0.717) is 27.7 Å². The molecule has 0 saturated heterocycles. The van der Waals surface area contributed by atoms with Crippen LogP contribution in [0.1, 0.15) is 25.6 Å². The molecule has 132 valence electrons. The molecule has 0 aliphatic rings. The van der Waals surface area contributed by atoms with E-state index >= 15 is 0 Å². The molecule has 0 radical (unpaired) electrons. The summed E-state index contributed by atoms with van der Waals surface area (Å²) in [5.74, 6) is -0.416. The molecule has 26 heavy (non-hydrogen) atoms. The monoisotopic (exact) mass is 384 g/mol. The van der Waals surface area contributed by atoms with Gasteiger partial charge in [0, 0.05) is 18.6 Å². The Labute approximate surface area is 161 Å². The fourth-order valence-electron chi connectivity index (χ4n) is 2.53. The van der Waals surface area contributed by atoms with Crippen LogP contribution in [0.2, 0.25) is 5.02 Å². The maximum absolute atomic E-state index is 12.9. The topological polar surface area (TPSA) is 49.4 Å². The first-order valence-electron chi connectivity index (χ1n) is 7.99. The molecule has 1 heterocycles. The van der Waals surface area contributed by atoms with Crippen molar-refractivity contribution in [1.29, 1.82) is 0 Å². The summed E-state index contributed by atoms with van der Waals surface area (Å²) in [7, 11) is 1.71. The van der Waals surface area contributed by atoms with Gasteiger partial charge in [-0.25, -0.2) is 0 Å². The van der Waals surface area contributed by atoms with Gasteiger partial charge in [-0.1, -0.05) is 48.0 Å². The van der Waals surface area contributed by atoms with E-state index in [0.717, 1.165) is 5.56 Å². The van der Waals surface area contributed by atoms with E-state index in [1.54, 1.807) is 48.3 Å². The van der Waals surface area contributed by atoms with Gasteiger partial charge >= 0.3 is 0 Å². The number of para-hydroxylation sites is 1. The van der Waals surface area contributed by atoms with Crippen molar-refractivity contribution >= 4 is 40.4 Å². The van der Waals surface area contributed by atoms with Gasteiger partial charge in [-0.3, -0.25) is 9.59 Å². The zero-order valence-electron chi connectivity index (χ0n) is 14.1. The van der Waals surface area contributed by atoms with Gasteiger partial charge in [0.15, 0.2) is 0 Å². The molecule has 0 aliphatic heterocycles. The minimum atomic E-state index is -0.228. The molecule has 1 N–H and O–H groups in total. The summed E-state index contributed by atoms with van der Waals surface area (Å²) in [5, 5.41) is 5.28. The minimum absolute atomic E-state index is 0.188. The number of halogens is 1. The standard InChI is InChI=1S/C20H17ClN2O2S/c1-23(13-14-7-2-4-9-16(14)21)20(25)15-8-3-5-10-17(15)22-19(24)18-11-6-12-26-18/h2-12H,13H2,1H3,(H,22,24). The number of carbonyl (C=O) groups excluding carboxylic acids is 2. The average molecular weight is 385 g/mol. The molecule has 0 unspecified atom stereocenters. The fourth-order valence-corrected chi connectivity index (χ4v) is 3.34. The van der Waals surface area contributed by atoms with Crippen molar-refractivity contribution in [2.24, 2.45) is 0 Å². The molecule has 3 rings (SSSR count). The summed E-state index contributed by atoms with van der Waals surface area (Å²) in [6, 6.07) is 18.0. The van der Waals surface area contributed by atoms with Crippen LogP contribution in [-0.4, -0.2) is 23.8 Å². The lowest BCUT2D eigenvalue weighted by atomic mass is 10.1. The number of amides is 2. The van der Waals surface area contributed by atoms with E-state index in [4.69, 9.17) is 11.6 Å². The molecule has 3 aromatic rings. The van der Waals surface area contributed by atoms with Crippen molar-refractivity contribution in [3.63, 3.8) is 0 Å². The predicted octanol–water partition coefficient (Wildman–Crippen LogP) is 4.93. The normalized spacial score (nSPS) is 10.4. The van der Waals surface area contributed by atoms with Crippen molar-refractivity contribution < 1.29 is 9.59 Å². The molecule has 0 saturated carbocycles. The Kier molecular flexibility index (Phi) is 5.71. The van der Waals surface area contributed by atoms with Crippen LogP contribution < -0.4 is 5.32 Å². The maximum atomic E-state index is 12.9. The molecular weight excluding hydrogens is 368 g/mol. The van der Waals surface area contributed by atoms with Crippen LogP contribution in [-0.2, 0) is 6.54 Å². The molecule has 1 aromatic heterocycles. The minimum Gasteiger partial charge on any atom is -0.337 e. The van der Waals surface area contributed by atoms with Gasteiger partial charge in [0.25, 0.3) is 11.8 Å². The Morgan fingerprint density at radius 1 is 1.04 bits per heavy atom. The summed E-state index contributed by atoms with van der Waals surface area (Å²) < 4.78 is 0. The van der Waals surface area contributed by atoms with Crippen molar-refractivity contribution in [3.8, 4) is 0 Å². The van der Waals surface area contributed by atoms with Gasteiger partial charge in [-0.15, -0.1) is 11.3 Å². The average Bonchev–Trinajstić information content (AvgIpc) is 3.18. The second-order valence-electron chi connectivity index (χ2n) is 5.73. The summed E-state index contributed by atoms with van der Waals surface area (Å²) in [6.07, 6.45) is 0. The SMILES string of the molecule is CN(Cc1ccccc1Cl)C(=O)c1ccccc1NC(=O)c1cccs1. The highest BCUT2D eigenvalue weighted by Gasteiger charge is 2.18. The van der Waals surface area contributed by atoms with Gasteiger partial charge in [0.1, 0.15) is 0 Å². The number of nitrogens with zero attached hydrogens (tertiary/aromatic N) is 1. The van der Waals surface area contributed by atoms with E-state index in [2.05, 4.69) is 5.32 Å². The van der Waals surface area contributed by atoms with Crippen molar-refractivity contribution in [3.05, 3.63) is 87.1 Å². The van der Waals surface area contributed by atoms with E-state index in [1.807, 2.05) is 29.6 Å². The molecule has 0 atom stereocenters. The quantitative estimate of drug-likeness (QED) is 0.678. The highest BCUT2D eigenvalue weighted by Crippen LogP contribution is 2.22. The van der Waals surface area contributed by atoms with Crippen molar-refractivity contribution in [1.82, 2.24) is 4.90 Å². The molecular formula is C20H17ClN2O2S. The largest absolute Gasteiger partial charge is 0.337 e. The number of carbonyl (C=O) groups is 2. The number of thiophene rings is 1. The first kappa shape index (κ1) is 18.2. The number of nitrogens with one attached hydrogen (secondary N) is 1. The smallest absolute Gasteiger partial charge is 0.265 e. The highest BCUT2D eigenvalue weighted by atomic mass is 35.5. The van der Waals surface area contributed by atoms with Crippen molar-refractivity contribution in [2.45, 2.75) is 6.54 Å². The number of anilines is 1. The molecule has 6 heteroatoms. The molecule has 2 amide bonds. The first-order chi connectivity index (χ1) is 12.6. The molecule has 0 bridgehead atoms. The summed E-state index contributed by atoms with van der Waals surface area (Å²) >= 11 is 7.53. The Hall–Kier alpha value is -2.63. The van der Waals surface area contributed by atoms with Crippen LogP contribution in [0, 0.1) is 0 Å². The number of hydrogen-bond acceptors (Lipinski definition) is 3. The third-order valence-corrected chi connectivity index (χ3v) is 5.10. The van der Waals surface area contributed by atoms with Crippen LogP contribution in [0.25, 0.3) is 0 Å². The number of hydrogen-bond donors (Lipinski definition) is 1. The lowest BCUT2D eigenvalue weighted by molar-refractivity contribution is 0.0786. The highest BCUT2D eigenvalue weighted by molar-refractivity contribution is 7.12. The molecule has 4 nitrogen and oxygen atoms in total. The van der Waals surface area contributed by atoms with E-state index in [9.17, 15) is 9.59 Å². The zero-order valence-corrected chi connectivity index (χ0v) is 15.7. The summed E-state index contributed by atoms with van der Waals surface area (Å²) in [4.78, 5) is 27.4. The van der Waals surface area contributed by atoms with E-state index in [1.165, 1.54) is 11.3 Å². The maximum Gasteiger partial charge on any atom is 0.265 e. The van der Waals surface area contributed by atoms with Gasteiger partial charge in [0.2, 0.25) is 0 Å². The van der Waals surface area contributed by atoms with Gasteiger partial charge in [0.05, 0.1) is 16.1 Å². The van der Waals surface area contributed by atoms with Gasteiger partial charge in [-0.05, 0) is 35.2 Å². The first-order valence-corrected chi connectivity index (χ1v) is 9.25. The van der Waals surface area contributed by atoms with Crippen LogP contribution in [0.5, 0.6) is 0 Å². The second kappa shape index (κ2) is 8.17. The van der Waals surface area contributed by atoms with Crippen molar-refractivity contribution in [2.75, 3.05) is 12.4 Å². The van der Waals surface area contributed by atoms with Crippen LogP contribution in [0.4, 0.5) is 5.69 Å². The summed E-state index contributed by atoms with van der Waals surface area (Å²) in [5.41, 5.74) is 1.79. The van der Waals surface area contributed by atoms with E-state index < -0.39 is 0 Å². The Bertz CT molecular complexity index is 925. The number of benzene rings is 2. The van der Waals surface area contributed by atoms with Crippen LogP contribution >= 0.6 is 22.9 Å². The predicted molar refractivity (Wildman–Crippen MR) is 106 cm³/mol. The summed E-state index contributed by atoms with van der Waals surface area (Å²) in [6.45, 7) is 0.381. The van der Waals surface area contributed by atoms with Gasteiger partial charge in [-0.2, -0.15) is 0 Å². The van der Waals surface area contributed by atoms with Gasteiger partial charge < -0.3 is 10.2 Å². The Balaban J connectivity index is 1.79. The fraction of sp³-hybridized carbons (Fsp3) is 0.100. The Morgan fingerprint density at radius 2 is 1.77 bits per heavy atom. The lowest BCUT2D eigenvalue weighted by Crippen LogP contribution is -2.27. The third kappa shape index (κ3) is 4.12. The number of rotatable bonds is 5. The Morgan fingerprint density at radius 3 is 2.50 bits per heavy atom. The van der Waals surface area contributed by atoms with Crippen LogP contribution in [0.15, 0.2) is 66.0 Å².